The normalized spacial score (nSPS) is 16.3. The number of rotatable bonds is 6. The maximum atomic E-state index is 11.5. The molecule has 1 atom stereocenters. The maximum Gasteiger partial charge on any atom is 0.222 e. The highest BCUT2D eigenvalue weighted by atomic mass is 16.3. The summed E-state index contributed by atoms with van der Waals surface area (Å²) in [6.07, 6.45) is 1.03. The van der Waals surface area contributed by atoms with Gasteiger partial charge in [0.25, 0.3) is 0 Å². The first-order chi connectivity index (χ1) is 10.1. The van der Waals surface area contributed by atoms with E-state index < -0.39 is 6.10 Å². The summed E-state index contributed by atoms with van der Waals surface area (Å²) in [6, 6.07) is 9.04. The van der Waals surface area contributed by atoms with E-state index in [1.54, 1.807) is 24.3 Å². The minimum atomic E-state index is -0.586. The Labute approximate surface area is 125 Å². The van der Waals surface area contributed by atoms with Gasteiger partial charge in [-0.3, -0.25) is 4.79 Å². The van der Waals surface area contributed by atoms with E-state index in [9.17, 15) is 9.90 Å². The third kappa shape index (κ3) is 4.28. The van der Waals surface area contributed by atoms with Crippen molar-refractivity contribution in [1.29, 1.82) is 5.26 Å². The lowest BCUT2D eigenvalue weighted by Crippen LogP contribution is -2.35. The third-order valence-electron chi connectivity index (χ3n) is 3.83. The molecule has 1 heterocycles. The van der Waals surface area contributed by atoms with Gasteiger partial charge >= 0.3 is 0 Å². The third-order valence-corrected chi connectivity index (χ3v) is 3.83. The van der Waals surface area contributed by atoms with Crippen LogP contribution in [0.3, 0.4) is 0 Å². The van der Waals surface area contributed by atoms with Gasteiger partial charge in [-0.15, -0.1) is 0 Å². The number of aliphatic hydroxyl groups is 1. The Bertz CT molecular complexity index is 521. The lowest BCUT2D eigenvalue weighted by atomic mass is 10.1. The second-order valence-corrected chi connectivity index (χ2v) is 5.50. The Hall–Kier alpha value is -1.90. The molecular weight excluding hydrogens is 266 g/mol. The van der Waals surface area contributed by atoms with Gasteiger partial charge in [0.2, 0.25) is 5.91 Å². The van der Waals surface area contributed by atoms with Crippen molar-refractivity contribution in [3.05, 3.63) is 35.4 Å². The molecule has 0 aromatic heterocycles. The van der Waals surface area contributed by atoms with Gasteiger partial charge in [-0.2, -0.15) is 5.26 Å². The lowest BCUT2D eigenvalue weighted by molar-refractivity contribution is -0.127. The van der Waals surface area contributed by atoms with Crippen molar-refractivity contribution in [1.82, 2.24) is 9.80 Å². The first kappa shape index (κ1) is 15.5. The van der Waals surface area contributed by atoms with Gasteiger partial charge < -0.3 is 14.9 Å². The highest BCUT2D eigenvalue weighted by Crippen LogP contribution is 2.15. The van der Waals surface area contributed by atoms with Gasteiger partial charge in [-0.1, -0.05) is 12.1 Å². The van der Waals surface area contributed by atoms with Crippen LogP contribution in [0.1, 0.15) is 30.1 Å². The van der Waals surface area contributed by atoms with Crippen molar-refractivity contribution in [3.63, 3.8) is 0 Å². The van der Waals surface area contributed by atoms with Crippen molar-refractivity contribution in [2.45, 2.75) is 18.9 Å². The molecule has 5 heteroatoms. The number of likely N-dealkylation sites (tertiary alicyclic amines) is 1. The van der Waals surface area contributed by atoms with E-state index in [-0.39, 0.29) is 5.91 Å². The molecule has 1 saturated heterocycles. The highest BCUT2D eigenvalue weighted by molar-refractivity contribution is 5.78. The zero-order chi connectivity index (χ0) is 15.2. The molecule has 1 aromatic rings. The standard InChI is InChI=1S/C16H21N3O2/c1-18(9-10-19-8-2-3-16(19)21)12-15(20)14-6-4-13(11-17)5-7-14/h4-7,15,20H,2-3,8-10,12H2,1H3. The number of benzene rings is 1. The Morgan fingerprint density at radius 3 is 2.71 bits per heavy atom. The molecule has 0 bridgehead atoms. The maximum absolute atomic E-state index is 11.5. The van der Waals surface area contributed by atoms with Crippen LogP contribution in [0.4, 0.5) is 0 Å². The molecule has 1 amide bonds. The minimum absolute atomic E-state index is 0.232. The van der Waals surface area contributed by atoms with Crippen molar-refractivity contribution in [3.8, 4) is 6.07 Å². The minimum Gasteiger partial charge on any atom is -0.387 e. The molecule has 1 aromatic carbocycles. The number of aliphatic hydroxyl groups excluding tert-OH is 1. The Morgan fingerprint density at radius 2 is 2.14 bits per heavy atom. The number of hydrogen-bond donors (Lipinski definition) is 1. The molecule has 0 saturated carbocycles. The number of nitriles is 1. The van der Waals surface area contributed by atoms with E-state index in [4.69, 9.17) is 5.26 Å². The SMILES string of the molecule is CN(CCN1CCCC1=O)CC(O)c1ccc(C#N)cc1. The molecule has 1 aliphatic heterocycles. The summed E-state index contributed by atoms with van der Waals surface area (Å²) in [7, 11) is 1.94. The number of carbonyl (C=O) groups is 1. The molecule has 5 nitrogen and oxygen atoms in total. The second-order valence-electron chi connectivity index (χ2n) is 5.50. The van der Waals surface area contributed by atoms with E-state index in [1.165, 1.54) is 0 Å². The fourth-order valence-electron chi connectivity index (χ4n) is 2.50. The van der Waals surface area contributed by atoms with Gasteiger partial charge in [-0.05, 0) is 31.2 Å². The van der Waals surface area contributed by atoms with Gasteiger partial charge in [-0.25, -0.2) is 0 Å². The topological polar surface area (TPSA) is 67.6 Å². The summed E-state index contributed by atoms with van der Waals surface area (Å²) >= 11 is 0. The largest absolute Gasteiger partial charge is 0.387 e. The Balaban J connectivity index is 1.79. The van der Waals surface area contributed by atoms with Crippen LogP contribution >= 0.6 is 0 Å². The van der Waals surface area contributed by atoms with Crippen molar-refractivity contribution in [2.75, 3.05) is 33.2 Å². The molecule has 1 N–H and O–H groups in total. The number of nitrogens with zero attached hydrogens (tertiary/aromatic N) is 3. The monoisotopic (exact) mass is 287 g/mol. The molecule has 112 valence electrons. The lowest BCUT2D eigenvalue weighted by Gasteiger charge is -2.24. The second kappa shape index (κ2) is 7.21. The van der Waals surface area contributed by atoms with Gasteiger partial charge in [0, 0.05) is 32.6 Å². The van der Waals surface area contributed by atoms with Crippen LogP contribution in [0.2, 0.25) is 0 Å². The van der Waals surface area contributed by atoms with Crippen LogP contribution < -0.4 is 0 Å². The van der Waals surface area contributed by atoms with E-state index in [0.717, 1.165) is 31.6 Å². The zero-order valence-corrected chi connectivity index (χ0v) is 12.3. The van der Waals surface area contributed by atoms with Crippen LogP contribution in [-0.2, 0) is 4.79 Å². The molecular formula is C16H21N3O2. The first-order valence-electron chi connectivity index (χ1n) is 7.24. The quantitative estimate of drug-likeness (QED) is 0.852. The van der Waals surface area contributed by atoms with E-state index in [2.05, 4.69) is 6.07 Å². The van der Waals surface area contributed by atoms with Crippen molar-refractivity contribution < 1.29 is 9.90 Å². The fourth-order valence-corrected chi connectivity index (χ4v) is 2.50. The zero-order valence-electron chi connectivity index (χ0n) is 12.3. The molecule has 1 fully saturated rings. The van der Waals surface area contributed by atoms with Crippen LogP contribution in [0.25, 0.3) is 0 Å². The van der Waals surface area contributed by atoms with Crippen LogP contribution in [0.15, 0.2) is 24.3 Å². The van der Waals surface area contributed by atoms with Crippen molar-refractivity contribution in [2.24, 2.45) is 0 Å². The molecule has 2 rings (SSSR count). The first-order valence-corrected chi connectivity index (χ1v) is 7.24. The predicted octanol–water partition coefficient (Wildman–Crippen LogP) is 1.15. The smallest absolute Gasteiger partial charge is 0.222 e. The van der Waals surface area contributed by atoms with E-state index in [1.807, 2.05) is 16.8 Å². The average molecular weight is 287 g/mol. The van der Waals surface area contributed by atoms with E-state index >= 15 is 0 Å². The van der Waals surface area contributed by atoms with Crippen LogP contribution in [0.5, 0.6) is 0 Å². The fraction of sp³-hybridized carbons (Fsp3) is 0.500. The summed E-state index contributed by atoms with van der Waals surface area (Å²) in [5, 5.41) is 18.9. The Kier molecular flexibility index (Phi) is 5.32. The highest BCUT2D eigenvalue weighted by Gasteiger charge is 2.20. The molecule has 0 radical (unpaired) electrons. The van der Waals surface area contributed by atoms with Crippen LogP contribution in [0, 0.1) is 11.3 Å². The summed E-state index contributed by atoms with van der Waals surface area (Å²) in [4.78, 5) is 15.4. The van der Waals surface area contributed by atoms with E-state index in [0.29, 0.717) is 18.5 Å². The molecule has 0 aliphatic carbocycles. The summed E-state index contributed by atoms with van der Waals surface area (Å²) < 4.78 is 0. The molecule has 0 spiro atoms. The number of hydrogen-bond acceptors (Lipinski definition) is 4. The molecule has 1 aliphatic rings. The van der Waals surface area contributed by atoms with Gasteiger partial charge in [0.05, 0.1) is 17.7 Å². The average Bonchev–Trinajstić information content (AvgIpc) is 2.90. The molecule has 1 unspecified atom stereocenters. The summed E-state index contributed by atoms with van der Waals surface area (Å²) in [6.45, 7) is 2.83. The molecule has 21 heavy (non-hydrogen) atoms. The predicted molar refractivity (Wildman–Crippen MR) is 79.4 cm³/mol. The number of carbonyl (C=O) groups excluding carboxylic acids is 1. The van der Waals surface area contributed by atoms with Crippen LogP contribution in [-0.4, -0.2) is 54.0 Å². The Morgan fingerprint density at radius 1 is 1.43 bits per heavy atom. The number of likely N-dealkylation sites (N-methyl/N-ethyl adjacent to an activating group) is 1. The van der Waals surface area contributed by atoms with Gasteiger partial charge in [0.1, 0.15) is 0 Å². The number of amides is 1. The van der Waals surface area contributed by atoms with Gasteiger partial charge in [0.15, 0.2) is 0 Å². The summed E-state index contributed by atoms with van der Waals surface area (Å²) in [5.41, 5.74) is 1.39. The summed E-state index contributed by atoms with van der Waals surface area (Å²) in [5.74, 6) is 0.232. The van der Waals surface area contributed by atoms with Crippen molar-refractivity contribution >= 4 is 5.91 Å².